The molecule has 0 bridgehead atoms. The molecule has 0 rings (SSSR count). The van der Waals surface area contributed by atoms with E-state index in [4.69, 9.17) is 4.55 Å². The summed E-state index contributed by atoms with van der Waals surface area (Å²) in [6.45, 7) is 4.72. The lowest BCUT2D eigenvalue weighted by Crippen LogP contribution is -2.14. The minimum Gasteiger partial charge on any atom is -0.462 e. The van der Waals surface area contributed by atoms with Crippen LogP contribution < -0.4 is 0 Å². The fourth-order valence-electron chi connectivity index (χ4n) is 0.381. The zero-order chi connectivity index (χ0) is 9.78. The monoisotopic (exact) mass is 194 g/mol. The second-order valence-electron chi connectivity index (χ2n) is 2.03. The zero-order valence-corrected chi connectivity index (χ0v) is 7.43. The molecule has 5 nitrogen and oxygen atoms in total. The van der Waals surface area contributed by atoms with E-state index in [1.807, 2.05) is 0 Å². The van der Waals surface area contributed by atoms with Gasteiger partial charge < -0.3 is 4.74 Å². The van der Waals surface area contributed by atoms with E-state index in [0.717, 1.165) is 0 Å². The first-order chi connectivity index (χ1) is 5.39. The van der Waals surface area contributed by atoms with Gasteiger partial charge in [0.05, 0.1) is 6.61 Å². The molecule has 12 heavy (non-hydrogen) atoms. The van der Waals surface area contributed by atoms with Crippen LogP contribution >= 0.6 is 0 Å². The summed E-state index contributed by atoms with van der Waals surface area (Å²) in [5, 5.41) is 0. The minimum atomic E-state index is -4.50. The number of hydrogen-bond donors (Lipinski definition) is 1. The molecule has 0 aromatic heterocycles. The van der Waals surface area contributed by atoms with Crippen LogP contribution in [0.5, 0.6) is 0 Å². The average molecular weight is 194 g/mol. The molecule has 0 amide bonds. The smallest absolute Gasteiger partial charge is 0.351 e. The van der Waals surface area contributed by atoms with Crippen LogP contribution in [0.1, 0.15) is 13.3 Å². The molecule has 0 aromatic carbocycles. The van der Waals surface area contributed by atoms with E-state index < -0.39 is 21.0 Å². The first-order valence-electron chi connectivity index (χ1n) is 3.23. The lowest BCUT2D eigenvalue weighted by molar-refractivity contribution is -0.138. The average Bonchev–Trinajstić information content (AvgIpc) is 1.97. The Balaban J connectivity index is 4.23. The van der Waals surface area contributed by atoms with Gasteiger partial charge in [0, 0.05) is 0 Å². The van der Waals surface area contributed by atoms with E-state index in [1.54, 1.807) is 6.92 Å². The van der Waals surface area contributed by atoms with Crippen molar-refractivity contribution in [2.75, 3.05) is 6.61 Å². The van der Waals surface area contributed by atoms with Gasteiger partial charge in [-0.15, -0.1) is 0 Å². The van der Waals surface area contributed by atoms with Gasteiger partial charge in [-0.2, -0.15) is 8.42 Å². The standard InChI is InChI=1S/C6H10O5S/c1-3-4-11-6(7)5(2)12(8,9)10/h2-4H2,1H3,(H,8,9,10). The first kappa shape index (κ1) is 11.1. The van der Waals surface area contributed by atoms with Crippen molar-refractivity contribution < 1.29 is 22.5 Å². The summed E-state index contributed by atoms with van der Waals surface area (Å²) >= 11 is 0. The van der Waals surface area contributed by atoms with Crippen LogP contribution in [0.3, 0.4) is 0 Å². The first-order valence-corrected chi connectivity index (χ1v) is 4.67. The van der Waals surface area contributed by atoms with E-state index in [1.165, 1.54) is 0 Å². The summed E-state index contributed by atoms with van der Waals surface area (Å²) in [6, 6.07) is 0. The van der Waals surface area contributed by atoms with Crippen molar-refractivity contribution in [3.05, 3.63) is 11.5 Å². The maximum absolute atomic E-state index is 10.7. The van der Waals surface area contributed by atoms with Gasteiger partial charge in [0.2, 0.25) is 0 Å². The Bertz CT molecular complexity index is 276. The van der Waals surface area contributed by atoms with Crippen molar-refractivity contribution in [2.45, 2.75) is 13.3 Å². The fourth-order valence-corrected chi connectivity index (χ4v) is 0.650. The minimum absolute atomic E-state index is 0.105. The summed E-state index contributed by atoms with van der Waals surface area (Å²) in [6.07, 6.45) is 0.574. The molecule has 0 atom stereocenters. The Labute approximate surface area is 70.8 Å². The SMILES string of the molecule is C=C(C(=O)OCCC)S(=O)(=O)O. The van der Waals surface area contributed by atoms with Crippen LogP contribution in [-0.4, -0.2) is 25.5 Å². The van der Waals surface area contributed by atoms with E-state index in [-0.39, 0.29) is 6.61 Å². The summed E-state index contributed by atoms with van der Waals surface area (Å²) < 4.78 is 33.3. The molecule has 0 aliphatic heterocycles. The van der Waals surface area contributed by atoms with E-state index in [2.05, 4.69) is 11.3 Å². The van der Waals surface area contributed by atoms with Gasteiger partial charge in [-0.1, -0.05) is 13.5 Å². The lowest BCUT2D eigenvalue weighted by atomic mass is 10.5. The topological polar surface area (TPSA) is 80.7 Å². The predicted octanol–water partition coefficient (Wildman–Crippen LogP) is 0.341. The van der Waals surface area contributed by atoms with Crippen LogP contribution in [-0.2, 0) is 19.6 Å². The summed E-state index contributed by atoms with van der Waals surface area (Å²) in [5.74, 6) is -1.11. The van der Waals surface area contributed by atoms with Crippen LogP contribution in [0.4, 0.5) is 0 Å². The number of carbonyl (C=O) groups is 1. The third-order valence-electron chi connectivity index (χ3n) is 0.976. The highest BCUT2D eigenvalue weighted by Gasteiger charge is 2.20. The van der Waals surface area contributed by atoms with Crippen molar-refractivity contribution in [2.24, 2.45) is 0 Å². The van der Waals surface area contributed by atoms with Gasteiger partial charge in [-0.3, -0.25) is 4.55 Å². The van der Waals surface area contributed by atoms with Gasteiger partial charge in [-0.25, -0.2) is 4.79 Å². The van der Waals surface area contributed by atoms with Gasteiger partial charge in [-0.05, 0) is 6.42 Å². The third kappa shape index (κ3) is 3.49. The second-order valence-corrected chi connectivity index (χ2v) is 3.48. The molecule has 0 fully saturated rings. The number of ether oxygens (including phenoxy) is 1. The summed E-state index contributed by atoms with van der Waals surface area (Å²) in [7, 11) is -4.50. The van der Waals surface area contributed by atoms with Gasteiger partial charge in [0.15, 0.2) is 4.91 Å². The Kier molecular flexibility index (Phi) is 3.91. The van der Waals surface area contributed by atoms with Crippen molar-refractivity contribution in [3.63, 3.8) is 0 Å². The molecule has 0 saturated carbocycles. The summed E-state index contributed by atoms with van der Waals surface area (Å²) in [5.41, 5.74) is 0. The van der Waals surface area contributed by atoms with E-state index >= 15 is 0 Å². The largest absolute Gasteiger partial charge is 0.462 e. The number of esters is 1. The Morgan fingerprint density at radius 1 is 1.58 bits per heavy atom. The number of carbonyl (C=O) groups excluding carboxylic acids is 1. The van der Waals surface area contributed by atoms with E-state index in [0.29, 0.717) is 6.42 Å². The van der Waals surface area contributed by atoms with Crippen LogP contribution in [0.15, 0.2) is 11.5 Å². The normalized spacial score (nSPS) is 10.8. The molecule has 0 saturated heterocycles. The Morgan fingerprint density at radius 3 is 2.42 bits per heavy atom. The maximum atomic E-state index is 10.7. The van der Waals surface area contributed by atoms with Crippen molar-refractivity contribution in [3.8, 4) is 0 Å². The van der Waals surface area contributed by atoms with Crippen LogP contribution in [0.2, 0.25) is 0 Å². The van der Waals surface area contributed by atoms with Crippen molar-refractivity contribution in [1.82, 2.24) is 0 Å². The molecule has 70 valence electrons. The van der Waals surface area contributed by atoms with Crippen LogP contribution in [0.25, 0.3) is 0 Å². The Hall–Kier alpha value is -0.880. The molecule has 0 heterocycles. The maximum Gasteiger partial charge on any atom is 0.351 e. The highest BCUT2D eigenvalue weighted by molar-refractivity contribution is 7.90. The molecule has 0 radical (unpaired) electrons. The molecular formula is C6H10O5S. The second kappa shape index (κ2) is 4.22. The molecule has 0 spiro atoms. The summed E-state index contributed by atoms with van der Waals surface area (Å²) in [4.78, 5) is 9.75. The van der Waals surface area contributed by atoms with Gasteiger partial charge in [0.1, 0.15) is 0 Å². The fraction of sp³-hybridized carbons (Fsp3) is 0.500. The molecule has 0 aliphatic carbocycles. The zero-order valence-electron chi connectivity index (χ0n) is 6.61. The lowest BCUT2D eigenvalue weighted by Gasteiger charge is -2.01. The quantitative estimate of drug-likeness (QED) is 0.396. The highest BCUT2D eigenvalue weighted by atomic mass is 32.2. The molecule has 0 unspecified atom stereocenters. The highest BCUT2D eigenvalue weighted by Crippen LogP contribution is 2.02. The Morgan fingerprint density at radius 2 is 2.08 bits per heavy atom. The molecule has 6 heteroatoms. The van der Waals surface area contributed by atoms with E-state index in [9.17, 15) is 13.2 Å². The van der Waals surface area contributed by atoms with Crippen molar-refractivity contribution in [1.29, 1.82) is 0 Å². The van der Waals surface area contributed by atoms with Gasteiger partial charge in [0.25, 0.3) is 0 Å². The predicted molar refractivity (Wildman–Crippen MR) is 41.9 cm³/mol. The van der Waals surface area contributed by atoms with Crippen molar-refractivity contribution >= 4 is 16.1 Å². The molecule has 0 aromatic rings. The molecule has 1 N–H and O–H groups in total. The van der Waals surface area contributed by atoms with Gasteiger partial charge >= 0.3 is 16.1 Å². The molecule has 0 aliphatic rings. The molecular weight excluding hydrogens is 184 g/mol. The van der Waals surface area contributed by atoms with Crippen LogP contribution in [0, 0.1) is 0 Å². The third-order valence-corrected chi connectivity index (χ3v) is 1.77. The number of hydrogen-bond acceptors (Lipinski definition) is 4. The number of rotatable bonds is 4.